The van der Waals surface area contributed by atoms with Gasteiger partial charge in [-0.25, -0.2) is 14.2 Å². The Morgan fingerprint density at radius 3 is 0.778 bits per heavy atom. The van der Waals surface area contributed by atoms with Gasteiger partial charge in [0.1, 0.15) is 0 Å². The van der Waals surface area contributed by atoms with E-state index in [1.54, 1.807) is 0 Å². The number of hydrogen-bond acceptors (Lipinski definition) is 4. The third kappa shape index (κ3) is 466. The molecular formula is C2H16CaK2MgNO10P. The van der Waals surface area contributed by atoms with Crippen molar-refractivity contribution >= 4 is 184 Å². The van der Waals surface area contributed by atoms with E-state index >= 15 is 0 Å². The molecule has 0 radical (unpaired) electrons. The number of hydrogen-bond donors (Lipinski definition) is 8. The van der Waals surface area contributed by atoms with Crippen LogP contribution in [0.15, 0.2) is 0 Å². The Hall–Kier alpha value is 3.91. The monoisotopic (exact) mass is 387 g/mol. The fourth-order valence-corrected chi connectivity index (χ4v) is 0. The van der Waals surface area contributed by atoms with Crippen molar-refractivity contribution in [3.63, 3.8) is 0 Å². The summed E-state index contributed by atoms with van der Waals surface area (Å²) in [5, 5.41) is 27.9. The molecule has 0 amide bonds. The van der Waals surface area contributed by atoms with Crippen LogP contribution in [0.5, 0.6) is 0 Å². The van der Waals surface area contributed by atoms with Gasteiger partial charge in [0.05, 0.1) is 0 Å². The molecule has 0 atom stereocenters. The molecule has 0 heterocycles. The standard InChI is InChI=1S/2CH2O3.Ca.2K.Mg.H3N.H3O4P.6H/c2*2-1(3)4;;;;;;1-5(2,3)4;;;;;;/h2*(H2,2,3,4);;;;;1H3;(H3,1,2,3,4);;;;;;. The zero-order valence-electron chi connectivity index (χ0n) is 6.51. The Bertz CT molecular complexity index is 186. The van der Waals surface area contributed by atoms with Crippen molar-refractivity contribution in [1.29, 1.82) is 0 Å². The van der Waals surface area contributed by atoms with Crippen LogP contribution in [0.4, 0.5) is 9.59 Å². The molecule has 0 bridgehead atoms. The van der Waals surface area contributed by atoms with E-state index in [2.05, 4.69) is 0 Å². The molecule has 0 saturated heterocycles. The Kier molecular flexibility index (Phi) is 90.1. The summed E-state index contributed by atoms with van der Waals surface area (Å²) in [6.07, 6.45) is -3.67. The Balaban J connectivity index is -0.0000000123. The van der Waals surface area contributed by atoms with Gasteiger partial charge in [0, 0.05) is 0 Å². The summed E-state index contributed by atoms with van der Waals surface area (Å²) in [5.74, 6) is 0. The first-order valence-corrected chi connectivity index (χ1v) is 3.65. The van der Waals surface area contributed by atoms with E-state index in [0.29, 0.717) is 0 Å². The third-order valence-electron chi connectivity index (χ3n) is 0. The predicted octanol–water partition coefficient (Wildman–Crippen LogP) is -3.45. The molecule has 100 valence electrons. The average molecular weight is 388 g/mol. The summed E-state index contributed by atoms with van der Waals surface area (Å²) in [4.78, 5) is 38.7. The minimum absolute atomic E-state index is 0. The Morgan fingerprint density at radius 2 is 0.778 bits per heavy atom. The van der Waals surface area contributed by atoms with Gasteiger partial charge in [-0.2, -0.15) is 0 Å². The van der Waals surface area contributed by atoms with Gasteiger partial charge >= 0.3 is 184 Å². The van der Waals surface area contributed by atoms with Crippen LogP contribution in [0.1, 0.15) is 0 Å². The molecule has 0 spiro atoms. The van der Waals surface area contributed by atoms with Gasteiger partial charge in [-0.3, -0.25) is 0 Å². The maximum atomic E-state index is 8.88. The molecule has 16 heteroatoms. The first-order chi connectivity index (χ1) is 5.46. The van der Waals surface area contributed by atoms with Gasteiger partial charge in [0.25, 0.3) is 0 Å². The number of carbonyl (C=O) groups is 2. The maximum absolute atomic E-state index is 8.88. The minimum Gasteiger partial charge on any atom is 0.316 e. The van der Waals surface area contributed by atoms with Crippen LogP contribution < -0.4 is 6.15 Å². The van der Waals surface area contributed by atoms with Crippen molar-refractivity contribution in [2.24, 2.45) is 0 Å². The molecule has 0 aromatic rings. The van der Waals surface area contributed by atoms with Crippen LogP contribution in [-0.4, -0.2) is 211 Å². The van der Waals surface area contributed by atoms with Crippen LogP contribution >= 0.6 is 7.82 Å². The summed E-state index contributed by atoms with van der Waals surface area (Å²) in [7, 11) is -4.64. The fraction of sp³-hybridized carbons (Fsp3) is 0. The van der Waals surface area contributed by atoms with Gasteiger partial charge in [0.2, 0.25) is 0 Å². The summed E-state index contributed by atoms with van der Waals surface area (Å²) in [6, 6.07) is 0. The molecule has 0 aliphatic carbocycles. The molecule has 0 fully saturated rings. The van der Waals surface area contributed by atoms with Crippen LogP contribution in [-0.2, 0) is 4.57 Å². The second-order valence-corrected chi connectivity index (χ2v) is 2.10. The number of rotatable bonds is 0. The van der Waals surface area contributed by atoms with E-state index in [-0.39, 0.29) is 170 Å². The average Bonchev–Trinajstić information content (AvgIpc) is 1.50. The second kappa shape index (κ2) is 32.7. The minimum atomic E-state index is -4.64. The second-order valence-electron chi connectivity index (χ2n) is 1.08. The molecule has 0 saturated carbocycles. The molecule has 0 aromatic heterocycles. The Morgan fingerprint density at radius 1 is 0.778 bits per heavy atom. The molecular weight excluding hydrogens is 372 g/mol. The zero-order valence-corrected chi connectivity index (χ0v) is 7.40. The van der Waals surface area contributed by atoms with Crippen LogP contribution in [0.3, 0.4) is 0 Å². The van der Waals surface area contributed by atoms with Crippen molar-refractivity contribution in [3.8, 4) is 0 Å². The van der Waals surface area contributed by atoms with Gasteiger partial charge in [-0.05, 0) is 0 Å². The topological polar surface area (TPSA) is 228 Å². The van der Waals surface area contributed by atoms with Crippen LogP contribution in [0, 0.1) is 0 Å². The zero-order chi connectivity index (χ0) is 11.7. The summed E-state index contributed by atoms with van der Waals surface area (Å²) >= 11 is 0. The van der Waals surface area contributed by atoms with E-state index in [1.165, 1.54) is 0 Å². The molecule has 0 unspecified atom stereocenters. The molecule has 0 aliphatic heterocycles. The molecule has 18 heavy (non-hydrogen) atoms. The predicted molar refractivity (Wildman–Crippen MR) is 72.0 cm³/mol. The number of phosphoric acid groups is 1. The van der Waals surface area contributed by atoms with E-state index in [1.807, 2.05) is 0 Å². The van der Waals surface area contributed by atoms with Crippen molar-refractivity contribution in [1.82, 2.24) is 6.15 Å². The molecule has 11 nitrogen and oxygen atoms in total. The van der Waals surface area contributed by atoms with E-state index in [9.17, 15) is 0 Å². The van der Waals surface area contributed by atoms with Crippen LogP contribution in [0.2, 0.25) is 0 Å². The van der Waals surface area contributed by atoms with Crippen LogP contribution in [0.25, 0.3) is 0 Å². The normalized spacial score (nSPS) is 5.94. The van der Waals surface area contributed by atoms with Crippen molar-refractivity contribution in [2.75, 3.05) is 0 Å². The van der Waals surface area contributed by atoms with Crippen molar-refractivity contribution in [3.05, 3.63) is 0 Å². The Labute approximate surface area is 233 Å². The summed E-state index contributed by atoms with van der Waals surface area (Å²) < 4.78 is 8.88. The van der Waals surface area contributed by atoms with Gasteiger partial charge < -0.3 is 41.3 Å². The van der Waals surface area contributed by atoms with E-state index in [4.69, 9.17) is 49.3 Å². The third-order valence-corrected chi connectivity index (χ3v) is 0. The van der Waals surface area contributed by atoms with Gasteiger partial charge in [-0.15, -0.1) is 0 Å². The molecule has 10 N–H and O–H groups in total. The first-order valence-electron chi connectivity index (χ1n) is 2.09. The molecule has 0 rings (SSSR count). The first kappa shape index (κ1) is 49.5. The smallest absolute Gasteiger partial charge is 0.316 e. The summed E-state index contributed by atoms with van der Waals surface area (Å²) in [6.45, 7) is 0. The van der Waals surface area contributed by atoms with E-state index < -0.39 is 20.1 Å². The van der Waals surface area contributed by atoms with Crippen molar-refractivity contribution in [2.45, 2.75) is 0 Å². The molecule has 0 aliphatic rings. The fourth-order valence-electron chi connectivity index (χ4n) is 0. The quantitative estimate of drug-likeness (QED) is 0.150. The summed E-state index contributed by atoms with van der Waals surface area (Å²) in [5.41, 5.74) is 0. The van der Waals surface area contributed by atoms with E-state index in [0.717, 1.165) is 0 Å². The maximum Gasteiger partial charge on any atom is 0.316 e. The largest absolute Gasteiger partial charge is 0.316 e. The number of carboxylic acid groups (broad SMARTS) is 4. The van der Waals surface area contributed by atoms with Crippen molar-refractivity contribution < 1.29 is 49.3 Å². The molecule has 0 aromatic carbocycles. The van der Waals surface area contributed by atoms with Gasteiger partial charge in [0.15, 0.2) is 0 Å². The SMILES string of the molecule is N.O=C(O)O.O=C(O)O.O=P(O)(O)O.[CaH2].[KH].[KH].[MgH2]. The van der Waals surface area contributed by atoms with Gasteiger partial charge in [-0.1, -0.05) is 0 Å².